The molecule has 0 spiro atoms. The molecule has 0 saturated heterocycles. The Morgan fingerprint density at radius 3 is 2.50 bits per heavy atom. The quantitative estimate of drug-likeness (QED) is 0.696. The molecule has 112 valence electrons. The molecule has 2 aliphatic carbocycles. The molecule has 0 aromatic rings. The molecule has 0 aliphatic heterocycles. The summed E-state index contributed by atoms with van der Waals surface area (Å²) < 4.78 is 0. The van der Waals surface area contributed by atoms with Crippen LogP contribution in [0.1, 0.15) is 38.5 Å². The van der Waals surface area contributed by atoms with Crippen LogP contribution in [0.25, 0.3) is 0 Å². The van der Waals surface area contributed by atoms with E-state index >= 15 is 0 Å². The summed E-state index contributed by atoms with van der Waals surface area (Å²) in [7, 11) is 3.73. The number of hydrogen-bond acceptors (Lipinski definition) is 1. The van der Waals surface area contributed by atoms with Crippen LogP contribution in [0.2, 0.25) is 0 Å². The van der Waals surface area contributed by atoms with Crippen molar-refractivity contribution in [3.05, 3.63) is 22.9 Å². The molecule has 0 heterocycles. The fraction of sp³-hybridized carbons (Fsp3) is 0.667. The van der Waals surface area contributed by atoms with Gasteiger partial charge in [-0.3, -0.25) is 0 Å². The minimum Gasteiger partial charge on any atom is -0.324 e. The third-order valence-electron chi connectivity index (χ3n) is 4.22. The molecular weight excluding hydrogens is 295 g/mol. The number of carbonyl (C=O) groups excluding carboxylic acids is 1. The molecule has 5 heteroatoms. The van der Waals surface area contributed by atoms with Crippen molar-refractivity contribution in [2.75, 3.05) is 14.1 Å². The number of hydrogen-bond donors (Lipinski definition) is 0. The standard InChI is InChI=1S/C15H22Cl2N2O/c1-18(13-7-3-11(16)4-8-13)15(20)19(2)14-9-5-12(17)6-10-14/h3,9,12-13H,4-8,10H2,1-2H3. The van der Waals surface area contributed by atoms with Gasteiger partial charge in [0.15, 0.2) is 0 Å². The Hall–Kier alpha value is -0.670. The average molecular weight is 317 g/mol. The summed E-state index contributed by atoms with van der Waals surface area (Å²) in [6.07, 6.45) is 9.43. The summed E-state index contributed by atoms with van der Waals surface area (Å²) in [6, 6.07) is 0.304. The second kappa shape index (κ2) is 6.86. The monoisotopic (exact) mass is 316 g/mol. The number of carbonyl (C=O) groups is 1. The van der Waals surface area contributed by atoms with Gasteiger partial charge in [0.1, 0.15) is 0 Å². The molecular formula is C15H22Cl2N2O. The lowest BCUT2D eigenvalue weighted by Gasteiger charge is -2.34. The molecule has 2 rings (SSSR count). The minimum absolute atomic E-state index is 0.0562. The maximum atomic E-state index is 12.5. The topological polar surface area (TPSA) is 23.6 Å². The highest BCUT2D eigenvalue weighted by Gasteiger charge is 2.26. The summed E-state index contributed by atoms with van der Waals surface area (Å²) >= 11 is 12.1. The van der Waals surface area contributed by atoms with E-state index in [-0.39, 0.29) is 17.5 Å². The molecule has 3 nitrogen and oxygen atoms in total. The van der Waals surface area contributed by atoms with Gasteiger partial charge < -0.3 is 9.80 Å². The van der Waals surface area contributed by atoms with Crippen molar-refractivity contribution in [2.45, 2.75) is 49.9 Å². The Labute approximate surface area is 131 Å². The SMILES string of the molecule is CN(C(=O)N(C)C1CC=C(Cl)CC1)C1=CCC(Cl)CC1. The molecule has 0 aromatic heterocycles. The molecule has 0 fully saturated rings. The van der Waals surface area contributed by atoms with Crippen LogP contribution in [0.4, 0.5) is 4.79 Å². The van der Waals surface area contributed by atoms with E-state index in [0.29, 0.717) is 0 Å². The normalized spacial score (nSPS) is 26.6. The number of urea groups is 1. The van der Waals surface area contributed by atoms with Crippen molar-refractivity contribution in [2.24, 2.45) is 0 Å². The molecule has 0 saturated carbocycles. The van der Waals surface area contributed by atoms with Gasteiger partial charge >= 0.3 is 6.03 Å². The first-order valence-corrected chi connectivity index (χ1v) is 7.98. The smallest absolute Gasteiger partial charge is 0.323 e. The molecule has 2 unspecified atom stereocenters. The third kappa shape index (κ3) is 3.70. The number of nitrogens with zero attached hydrogens (tertiary/aromatic N) is 2. The van der Waals surface area contributed by atoms with Crippen molar-refractivity contribution < 1.29 is 4.79 Å². The van der Waals surface area contributed by atoms with Gasteiger partial charge in [-0.05, 0) is 38.5 Å². The van der Waals surface area contributed by atoms with Crippen LogP contribution < -0.4 is 0 Å². The highest BCUT2D eigenvalue weighted by Crippen LogP contribution is 2.27. The second-order valence-corrected chi connectivity index (χ2v) is 6.70. The zero-order valence-electron chi connectivity index (χ0n) is 12.1. The number of allylic oxidation sites excluding steroid dienone is 3. The molecule has 20 heavy (non-hydrogen) atoms. The molecule has 0 N–H and O–H groups in total. The van der Waals surface area contributed by atoms with E-state index in [2.05, 4.69) is 6.08 Å². The van der Waals surface area contributed by atoms with Gasteiger partial charge in [0.05, 0.1) is 0 Å². The van der Waals surface area contributed by atoms with E-state index in [4.69, 9.17) is 23.2 Å². The Balaban J connectivity index is 1.96. The molecule has 2 amide bonds. The van der Waals surface area contributed by atoms with Crippen LogP contribution >= 0.6 is 23.2 Å². The number of amides is 2. The summed E-state index contributed by atoms with van der Waals surface area (Å²) in [4.78, 5) is 16.1. The van der Waals surface area contributed by atoms with Gasteiger partial charge in [-0.15, -0.1) is 11.6 Å². The minimum atomic E-state index is 0.0562. The van der Waals surface area contributed by atoms with Gasteiger partial charge in [0.25, 0.3) is 0 Å². The van der Waals surface area contributed by atoms with E-state index < -0.39 is 0 Å². The van der Waals surface area contributed by atoms with Crippen LogP contribution in [0.3, 0.4) is 0 Å². The third-order valence-corrected chi connectivity index (χ3v) is 4.96. The van der Waals surface area contributed by atoms with Crippen LogP contribution in [0.5, 0.6) is 0 Å². The largest absolute Gasteiger partial charge is 0.324 e. The summed E-state index contributed by atoms with van der Waals surface area (Å²) in [5.74, 6) is 0. The van der Waals surface area contributed by atoms with Crippen LogP contribution in [-0.2, 0) is 0 Å². The lowest BCUT2D eigenvalue weighted by atomic mass is 10.0. The van der Waals surface area contributed by atoms with E-state index in [1.165, 1.54) is 0 Å². The lowest BCUT2D eigenvalue weighted by molar-refractivity contribution is 0.160. The average Bonchev–Trinajstić information content (AvgIpc) is 2.46. The molecule has 2 atom stereocenters. The van der Waals surface area contributed by atoms with Crippen LogP contribution in [0, 0.1) is 0 Å². The Bertz CT molecular complexity index is 434. The Kier molecular flexibility index (Phi) is 5.39. The van der Waals surface area contributed by atoms with Crippen LogP contribution in [-0.4, -0.2) is 41.3 Å². The van der Waals surface area contributed by atoms with Gasteiger partial charge in [0, 0.05) is 36.2 Å². The predicted molar refractivity (Wildman–Crippen MR) is 84.1 cm³/mol. The summed E-state index contributed by atoms with van der Waals surface area (Å²) in [6.45, 7) is 0. The summed E-state index contributed by atoms with van der Waals surface area (Å²) in [5, 5.41) is 1.13. The first kappa shape index (κ1) is 15.7. The second-order valence-electron chi connectivity index (χ2n) is 5.60. The van der Waals surface area contributed by atoms with E-state index in [9.17, 15) is 4.79 Å². The number of alkyl halides is 1. The maximum Gasteiger partial charge on any atom is 0.323 e. The van der Waals surface area contributed by atoms with Gasteiger partial charge in [-0.2, -0.15) is 0 Å². The zero-order chi connectivity index (χ0) is 14.7. The van der Waals surface area contributed by atoms with Crippen molar-refractivity contribution in [3.63, 3.8) is 0 Å². The molecule has 2 aliphatic rings. The molecule has 0 radical (unpaired) electrons. The Morgan fingerprint density at radius 2 is 1.95 bits per heavy atom. The van der Waals surface area contributed by atoms with E-state index in [1.54, 1.807) is 4.90 Å². The fourth-order valence-corrected chi connectivity index (χ4v) is 3.15. The maximum absolute atomic E-state index is 12.5. The Morgan fingerprint density at radius 1 is 1.20 bits per heavy atom. The molecule has 0 aromatic carbocycles. The zero-order valence-corrected chi connectivity index (χ0v) is 13.6. The van der Waals surface area contributed by atoms with Crippen molar-refractivity contribution in [1.29, 1.82) is 0 Å². The van der Waals surface area contributed by atoms with E-state index in [1.807, 2.05) is 25.1 Å². The molecule has 0 bridgehead atoms. The lowest BCUT2D eigenvalue weighted by Crippen LogP contribution is -2.44. The van der Waals surface area contributed by atoms with Crippen molar-refractivity contribution >= 4 is 29.2 Å². The van der Waals surface area contributed by atoms with Gasteiger partial charge in [-0.25, -0.2) is 4.79 Å². The summed E-state index contributed by atoms with van der Waals surface area (Å²) in [5.41, 5.74) is 1.09. The van der Waals surface area contributed by atoms with Crippen molar-refractivity contribution in [3.8, 4) is 0 Å². The van der Waals surface area contributed by atoms with Gasteiger partial charge in [-0.1, -0.05) is 23.8 Å². The van der Waals surface area contributed by atoms with Gasteiger partial charge in [0.2, 0.25) is 0 Å². The highest BCUT2D eigenvalue weighted by atomic mass is 35.5. The van der Waals surface area contributed by atoms with Crippen molar-refractivity contribution in [1.82, 2.24) is 9.80 Å². The first-order valence-electron chi connectivity index (χ1n) is 7.17. The highest BCUT2D eigenvalue weighted by molar-refractivity contribution is 6.29. The predicted octanol–water partition coefficient (Wildman–Crippen LogP) is 4.32. The fourth-order valence-electron chi connectivity index (χ4n) is 2.75. The first-order chi connectivity index (χ1) is 9.49. The van der Waals surface area contributed by atoms with Crippen LogP contribution in [0.15, 0.2) is 22.9 Å². The number of halogens is 2. The number of rotatable bonds is 2. The van der Waals surface area contributed by atoms with E-state index in [0.717, 1.165) is 49.3 Å².